The first-order valence-electron chi connectivity index (χ1n) is 12.5. The molecule has 0 aliphatic carbocycles. The van der Waals surface area contributed by atoms with Crippen molar-refractivity contribution >= 4 is 5.97 Å². The van der Waals surface area contributed by atoms with Crippen LogP contribution < -0.4 is 0 Å². The molecule has 0 saturated heterocycles. The molecular formula is C30H29F4N3O3. The Hall–Kier alpha value is -4.05. The number of aryl methyl sites for hydroxylation is 1. The summed E-state index contributed by atoms with van der Waals surface area (Å²) in [4.78, 5) is 17.5. The third kappa shape index (κ3) is 6.07. The minimum absolute atomic E-state index is 0.00319. The predicted octanol–water partition coefficient (Wildman–Crippen LogP) is 7.47. The van der Waals surface area contributed by atoms with Crippen molar-refractivity contribution in [1.82, 2.24) is 15.0 Å². The number of carboxylic acid groups (broad SMARTS) is 1. The van der Waals surface area contributed by atoms with Gasteiger partial charge in [-0.2, -0.15) is 18.2 Å². The normalized spacial score (nSPS) is 13.1. The molecule has 0 amide bonds. The fourth-order valence-electron chi connectivity index (χ4n) is 4.87. The Morgan fingerprint density at radius 2 is 1.68 bits per heavy atom. The van der Waals surface area contributed by atoms with Crippen LogP contribution in [0.1, 0.15) is 37.5 Å². The smallest absolute Gasteiger partial charge is 0.417 e. The van der Waals surface area contributed by atoms with E-state index in [1.807, 2.05) is 0 Å². The van der Waals surface area contributed by atoms with Crippen molar-refractivity contribution in [3.63, 3.8) is 0 Å². The summed E-state index contributed by atoms with van der Waals surface area (Å²) < 4.78 is 62.3. The lowest BCUT2D eigenvalue weighted by molar-refractivity contribution is -0.147. The SMILES string of the molecule is Cc1ccccc1-c1ccc(-c2nc(-c3ccc(CN(C)C(C(=O)O)C(C)(C)C)c(F)c3)no2)cc1C(F)(F)F. The maximum atomic E-state index is 15.0. The summed E-state index contributed by atoms with van der Waals surface area (Å²) in [5.41, 5.74) is 0.387. The molecule has 6 nitrogen and oxygen atoms in total. The molecule has 0 spiro atoms. The number of carbonyl (C=O) groups is 1. The number of aliphatic carboxylic acids is 1. The van der Waals surface area contributed by atoms with Crippen molar-refractivity contribution in [2.75, 3.05) is 7.05 Å². The van der Waals surface area contributed by atoms with Crippen molar-refractivity contribution in [3.8, 4) is 34.0 Å². The standard InChI is InChI=1S/C30H29F4N3O3/c1-17-8-6-7-9-21(17)22-13-12-19(14-23(22)30(32,33)34)27-35-26(36-40-27)18-10-11-20(24(31)15-18)16-37(5)25(28(38)39)29(2,3)4/h6-15,25H,16H2,1-5H3,(H,38,39). The summed E-state index contributed by atoms with van der Waals surface area (Å²) in [5.74, 6) is -1.75. The number of likely N-dealkylation sites (N-methyl/N-ethyl adjacent to an activating group) is 1. The van der Waals surface area contributed by atoms with Crippen LogP contribution in [-0.4, -0.2) is 39.2 Å². The number of aromatic nitrogens is 2. The topological polar surface area (TPSA) is 79.5 Å². The van der Waals surface area contributed by atoms with Crippen LogP contribution >= 0.6 is 0 Å². The number of hydrogen-bond acceptors (Lipinski definition) is 5. The maximum absolute atomic E-state index is 15.0. The van der Waals surface area contributed by atoms with Gasteiger partial charge in [0.25, 0.3) is 5.89 Å². The van der Waals surface area contributed by atoms with Gasteiger partial charge in [-0.3, -0.25) is 9.69 Å². The molecule has 0 radical (unpaired) electrons. The van der Waals surface area contributed by atoms with E-state index >= 15 is 4.39 Å². The van der Waals surface area contributed by atoms with Crippen LogP contribution in [-0.2, 0) is 17.5 Å². The van der Waals surface area contributed by atoms with Crippen LogP contribution in [0.15, 0.2) is 65.2 Å². The van der Waals surface area contributed by atoms with Crippen LogP contribution in [0.25, 0.3) is 34.0 Å². The van der Waals surface area contributed by atoms with E-state index in [4.69, 9.17) is 4.52 Å². The molecular weight excluding hydrogens is 526 g/mol. The van der Waals surface area contributed by atoms with Gasteiger partial charge in [0.2, 0.25) is 5.82 Å². The first kappa shape index (κ1) is 28.9. The van der Waals surface area contributed by atoms with Gasteiger partial charge in [0.15, 0.2) is 0 Å². The maximum Gasteiger partial charge on any atom is 0.417 e. The molecule has 3 aromatic carbocycles. The van der Waals surface area contributed by atoms with Gasteiger partial charge in [0, 0.05) is 23.2 Å². The molecule has 210 valence electrons. The van der Waals surface area contributed by atoms with Gasteiger partial charge in [0.05, 0.1) is 5.56 Å². The molecule has 0 aliphatic rings. The van der Waals surface area contributed by atoms with Crippen molar-refractivity contribution in [2.45, 2.75) is 46.5 Å². The van der Waals surface area contributed by atoms with Crippen LogP contribution in [0, 0.1) is 18.2 Å². The van der Waals surface area contributed by atoms with Gasteiger partial charge in [-0.15, -0.1) is 0 Å². The molecule has 1 aromatic heterocycles. The van der Waals surface area contributed by atoms with Gasteiger partial charge in [0.1, 0.15) is 11.9 Å². The van der Waals surface area contributed by atoms with Crippen LogP contribution in [0.5, 0.6) is 0 Å². The second-order valence-corrected chi connectivity index (χ2v) is 10.8. The predicted molar refractivity (Wildman–Crippen MR) is 143 cm³/mol. The second kappa shape index (κ2) is 10.8. The number of halogens is 4. The summed E-state index contributed by atoms with van der Waals surface area (Å²) in [7, 11) is 1.61. The number of alkyl halides is 3. The Labute approximate surface area is 229 Å². The minimum atomic E-state index is -4.63. The molecule has 1 atom stereocenters. The van der Waals surface area contributed by atoms with Gasteiger partial charge in [-0.1, -0.05) is 68.4 Å². The molecule has 0 fully saturated rings. The summed E-state index contributed by atoms with van der Waals surface area (Å²) in [6.45, 7) is 7.17. The van der Waals surface area contributed by atoms with E-state index in [2.05, 4.69) is 10.1 Å². The van der Waals surface area contributed by atoms with Crippen molar-refractivity contribution in [1.29, 1.82) is 0 Å². The summed E-state index contributed by atoms with van der Waals surface area (Å²) in [6.07, 6.45) is -4.63. The first-order valence-corrected chi connectivity index (χ1v) is 12.5. The Kier molecular flexibility index (Phi) is 7.85. The number of hydrogen-bond donors (Lipinski definition) is 1. The van der Waals surface area contributed by atoms with E-state index in [0.29, 0.717) is 11.1 Å². The second-order valence-electron chi connectivity index (χ2n) is 10.8. The van der Waals surface area contributed by atoms with Crippen molar-refractivity contribution in [3.05, 3.63) is 83.2 Å². The summed E-state index contributed by atoms with van der Waals surface area (Å²) >= 11 is 0. The molecule has 0 bridgehead atoms. The van der Waals surface area contributed by atoms with Crippen LogP contribution in [0.4, 0.5) is 17.6 Å². The van der Waals surface area contributed by atoms with Crippen molar-refractivity contribution < 1.29 is 32.0 Å². The Balaban J connectivity index is 1.62. The lowest BCUT2D eigenvalue weighted by Crippen LogP contribution is -2.47. The van der Waals surface area contributed by atoms with E-state index in [1.54, 1.807) is 70.0 Å². The largest absolute Gasteiger partial charge is 0.480 e. The zero-order chi connectivity index (χ0) is 29.4. The summed E-state index contributed by atoms with van der Waals surface area (Å²) in [6, 6.07) is 14.0. The first-order chi connectivity index (χ1) is 18.7. The number of carboxylic acids is 1. The fraction of sp³-hybridized carbons (Fsp3) is 0.300. The average Bonchev–Trinajstić information content (AvgIpc) is 3.34. The molecule has 4 rings (SSSR count). The quantitative estimate of drug-likeness (QED) is 0.238. The van der Waals surface area contributed by atoms with Gasteiger partial charge in [-0.05, 0) is 54.3 Å². The van der Waals surface area contributed by atoms with Crippen LogP contribution in [0.3, 0.4) is 0 Å². The zero-order valence-corrected chi connectivity index (χ0v) is 22.7. The molecule has 4 aromatic rings. The van der Waals surface area contributed by atoms with E-state index in [1.165, 1.54) is 24.3 Å². The van der Waals surface area contributed by atoms with E-state index < -0.39 is 35.0 Å². The summed E-state index contributed by atoms with van der Waals surface area (Å²) in [5, 5.41) is 13.5. The Bertz CT molecular complexity index is 1540. The van der Waals surface area contributed by atoms with Crippen molar-refractivity contribution in [2.24, 2.45) is 5.41 Å². The molecule has 10 heteroatoms. The molecule has 1 N–H and O–H groups in total. The molecule has 0 aliphatic heterocycles. The van der Waals surface area contributed by atoms with E-state index in [9.17, 15) is 23.1 Å². The zero-order valence-electron chi connectivity index (χ0n) is 22.7. The number of nitrogens with zero attached hydrogens (tertiary/aromatic N) is 3. The lowest BCUT2D eigenvalue weighted by Gasteiger charge is -2.34. The third-order valence-electron chi connectivity index (χ3n) is 6.66. The molecule has 40 heavy (non-hydrogen) atoms. The van der Waals surface area contributed by atoms with Gasteiger partial charge >= 0.3 is 12.1 Å². The highest BCUT2D eigenvalue weighted by Crippen LogP contribution is 2.40. The highest BCUT2D eigenvalue weighted by Gasteiger charge is 2.36. The minimum Gasteiger partial charge on any atom is -0.480 e. The highest BCUT2D eigenvalue weighted by atomic mass is 19.4. The number of benzene rings is 3. The molecule has 0 saturated carbocycles. The van der Waals surface area contributed by atoms with Gasteiger partial charge in [-0.25, -0.2) is 4.39 Å². The molecule has 1 heterocycles. The van der Waals surface area contributed by atoms with Crippen LogP contribution in [0.2, 0.25) is 0 Å². The van der Waals surface area contributed by atoms with E-state index in [0.717, 1.165) is 6.07 Å². The van der Waals surface area contributed by atoms with Gasteiger partial charge < -0.3 is 9.63 Å². The average molecular weight is 556 g/mol. The molecule has 1 unspecified atom stereocenters. The fourth-order valence-corrected chi connectivity index (χ4v) is 4.87. The Morgan fingerprint density at radius 1 is 1.00 bits per heavy atom. The Morgan fingerprint density at radius 3 is 2.27 bits per heavy atom. The lowest BCUT2D eigenvalue weighted by atomic mass is 9.85. The highest BCUT2D eigenvalue weighted by molar-refractivity contribution is 5.75. The van der Waals surface area contributed by atoms with E-state index in [-0.39, 0.29) is 40.5 Å². The third-order valence-corrected chi connectivity index (χ3v) is 6.66. The monoisotopic (exact) mass is 555 g/mol. The number of rotatable bonds is 7.